The SMILES string of the molecule is Nc1nnc(-c2ccccc2O)cc1N1CCC2(CCN(c3ccnc(C#CCNC(=O)c4cc5ncccn5n4)n3)CC2)CC1. The van der Waals surface area contributed by atoms with Crippen LogP contribution >= 0.6 is 0 Å². The van der Waals surface area contributed by atoms with Gasteiger partial charge in [0.05, 0.1) is 17.9 Å². The molecular weight excluding hydrogens is 582 g/mol. The van der Waals surface area contributed by atoms with E-state index in [1.807, 2.05) is 24.3 Å². The van der Waals surface area contributed by atoms with Gasteiger partial charge in [-0.1, -0.05) is 18.1 Å². The van der Waals surface area contributed by atoms with Crippen molar-refractivity contribution in [3.63, 3.8) is 0 Å². The van der Waals surface area contributed by atoms with Crippen molar-refractivity contribution in [1.29, 1.82) is 0 Å². The van der Waals surface area contributed by atoms with Crippen LogP contribution in [0, 0.1) is 17.3 Å². The molecule has 0 saturated carbocycles. The number of carbonyl (C=O) groups is 1. The standard InChI is InChI=1S/C33H33N11O2/c34-31-26(21-24(39-40-31)23-5-1-2-6-27(23)45)42-17-9-33(10-18-42)11-19-43(20-12-33)29-8-15-35-28(38-29)7-3-13-37-32(46)25-22-30-36-14-4-16-44(30)41-25/h1-2,4-6,8,14-16,21-22,45H,9-13,17-20H2,(H2,34,40)(H,37,46). The lowest BCUT2D eigenvalue weighted by Gasteiger charge is -2.47. The summed E-state index contributed by atoms with van der Waals surface area (Å²) in [5, 5.41) is 25.7. The van der Waals surface area contributed by atoms with Gasteiger partial charge >= 0.3 is 0 Å². The first-order chi connectivity index (χ1) is 22.5. The Morgan fingerprint density at radius 3 is 2.52 bits per heavy atom. The smallest absolute Gasteiger partial charge is 0.272 e. The van der Waals surface area contributed by atoms with Gasteiger partial charge in [-0.25, -0.2) is 19.5 Å². The average molecular weight is 616 g/mol. The van der Waals surface area contributed by atoms with Gasteiger partial charge in [-0.15, -0.1) is 10.2 Å². The van der Waals surface area contributed by atoms with E-state index in [2.05, 4.69) is 57.2 Å². The van der Waals surface area contributed by atoms with Crippen LogP contribution < -0.4 is 20.9 Å². The summed E-state index contributed by atoms with van der Waals surface area (Å²) < 4.78 is 1.55. The van der Waals surface area contributed by atoms with Gasteiger partial charge in [0, 0.05) is 56.4 Å². The van der Waals surface area contributed by atoms with E-state index < -0.39 is 0 Å². The van der Waals surface area contributed by atoms with Crippen LogP contribution in [0.2, 0.25) is 0 Å². The summed E-state index contributed by atoms with van der Waals surface area (Å²) in [5.74, 6) is 7.44. The molecule has 7 rings (SSSR count). The van der Waals surface area contributed by atoms with Crippen LogP contribution in [-0.4, -0.2) is 78.5 Å². The highest BCUT2D eigenvalue weighted by atomic mass is 16.3. The zero-order valence-electron chi connectivity index (χ0n) is 25.2. The van der Waals surface area contributed by atoms with Crippen LogP contribution in [0.4, 0.5) is 17.3 Å². The zero-order chi connectivity index (χ0) is 31.5. The van der Waals surface area contributed by atoms with Gasteiger partial charge in [0.15, 0.2) is 17.2 Å². The molecule has 1 amide bonds. The molecule has 2 fully saturated rings. The highest BCUT2D eigenvalue weighted by Crippen LogP contribution is 2.43. The number of fused-ring (bicyclic) bond motifs is 1. The molecule has 2 aliphatic rings. The lowest BCUT2D eigenvalue weighted by Crippen LogP contribution is -2.47. The molecule has 6 heterocycles. The maximum Gasteiger partial charge on any atom is 0.272 e. The van der Waals surface area contributed by atoms with Crippen LogP contribution in [0.5, 0.6) is 5.75 Å². The maximum absolute atomic E-state index is 12.5. The van der Waals surface area contributed by atoms with Gasteiger partial charge in [-0.2, -0.15) is 5.10 Å². The number of nitrogens with one attached hydrogen (secondary N) is 1. The lowest BCUT2D eigenvalue weighted by atomic mass is 9.71. The molecule has 0 atom stereocenters. The summed E-state index contributed by atoms with van der Waals surface area (Å²) in [6.07, 6.45) is 9.39. The number of anilines is 3. The Morgan fingerprint density at radius 1 is 0.957 bits per heavy atom. The summed E-state index contributed by atoms with van der Waals surface area (Å²) in [6, 6.07) is 14.4. The van der Waals surface area contributed by atoms with Crippen molar-refractivity contribution >= 4 is 28.9 Å². The topological polar surface area (TPSA) is 164 Å². The Kier molecular flexibility index (Phi) is 7.76. The van der Waals surface area contributed by atoms with E-state index in [-0.39, 0.29) is 29.3 Å². The highest BCUT2D eigenvalue weighted by molar-refractivity contribution is 5.93. The second-order valence-corrected chi connectivity index (χ2v) is 11.7. The first-order valence-corrected chi connectivity index (χ1v) is 15.3. The number of benzene rings is 1. The quantitative estimate of drug-likeness (QED) is 0.249. The Hall–Kier alpha value is -5.77. The molecule has 0 unspecified atom stereocenters. The minimum Gasteiger partial charge on any atom is -0.507 e. The third kappa shape index (κ3) is 5.97. The van der Waals surface area contributed by atoms with E-state index in [4.69, 9.17) is 5.73 Å². The number of nitrogens with two attached hydrogens (primary N) is 1. The number of piperidine rings is 2. The number of nitrogens with zero attached hydrogens (tertiary/aromatic N) is 9. The Bertz CT molecular complexity index is 1910. The van der Waals surface area contributed by atoms with Gasteiger partial charge < -0.3 is 26.0 Å². The van der Waals surface area contributed by atoms with Crippen molar-refractivity contribution in [3.05, 3.63) is 78.6 Å². The summed E-state index contributed by atoms with van der Waals surface area (Å²) >= 11 is 0. The molecule has 5 aromatic rings. The van der Waals surface area contributed by atoms with E-state index in [0.29, 0.717) is 28.5 Å². The van der Waals surface area contributed by atoms with Crippen molar-refractivity contribution in [1.82, 2.24) is 40.1 Å². The summed E-state index contributed by atoms with van der Waals surface area (Å²) in [7, 11) is 0. The Morgan fingerprint density at radius 2 is 1.74 bits per heavy atom. The van der Waals surface area contributed by atoms with Crippen LogP contribution in [0.1, 0.15) is 42.0 Å². The zero-order valence-corrected chi connectivity index (χ0v) is 25.2. The van der Waals surface area contributed by atoms with Crippen molar-refractivity contribution in [2.45, 2.75) is 25.7 Å². The Labute approximate surface area is 265 Å². The molecule has 2 saturated heterocycles. The normalized spacial score (nSPS) is 15.8. The number of rotatable bonds is 5. The third-order valence-electron chi connectivity index (χ3n) is 8.94. The first kappa shape index (κ1) is 29.0. The third-order valence-corrected chi connectivity index (χ3v) is 8.94. The predicted octanol–water partition coefficient (Wildman–Crippen LogP) is 2.93. The second-order valence-electron chi connectivity index (χ2n) is 11.7. The molecule has 1 spiro atoms. The van der Waals surface area contributed by atoms with E-state index in [1.54, 1.807) is 47.4 Å². The molecule has 2 aliphatic heterocycles. The lowest BCUT2D eigenvalue weighted by molar-refractivity contribution is 0.0953. The second kappa shape index (κ2) is 12.3. The van der Waals surface area contributed by atoms with Crippen molar-refractivity contribution in [3.8, 4) is 28.8 Å². The monoisotopic (exact) mass is 615 g/mol. The summed E-state index contributed by atoms with van der Waals surface area (Å²) in [5.41, 5.74) is 9.53. The number of aromatic hydroxyl groups is 1. The van der Waals surface area contributed by atoms with Crippen molar-refractivity contribution in [2.75, 3.05) is 48.3 Å². The predicted molar refractivity (Wildman–Crippen MR) is 173 cm³/mol. The summed E-state index contributed by atoms with van der Waals surface area (Å²) in [6.45, 7) is 3.73. The number of hydrogen-bond donors (Lipinski definition) is 3. The molecule has 232 valence electrons. The molecule has 1 aromatic carbocycles. The van der Waals surface area contributed by atoms with E-state index in [0.717, 1.165) is 63.4 Å². The number of amides is 1. The molecular formula is C33H33N11O2. The van der Waals surface area contributed by atoms with E-state index in [9.17, 15) is 9.90 Å². The summed E-state index contributed by atoms with van der Waals surface area (Å²) in [4.78, 5) is 30.2. The van der Waals surface area contributed by atoms with E-state index >= 15 is 0 Å². The van der Waals surface area contributed by atoms with Crippen LogP contribution in [0.3, 0.4) is 0 Å². The fraction of sp³-hybridized carbons (Fsp3) is 0.303. The molecule has 0 bridgehead atoms. The van der Waals surface area contributed by atoms with Crippen molar-refractivity contribution in [2.24, 2.45) is 5.41 Å². The molecule has 4 aromatic heterocycles. The number of carbonyl (C=O) groups excluding carboxylic acids is 1. The van der Waals surface area contributed by atoms with Crippen LogP contribution in [-0.2, 0) is 0 Å². The molecule has 0 aliphatic carbocycles. The molecule has 13 heteroatoms. The number of para-hydroxylation sites is 1. The number of hydrogen-bond acceptors (Lipinski definition) is 11. The van der Waals surface area contributed by atoms with Crippen molar-refractivity contribution < 1.29 is 9.90 Å². The van der Waals surface area contributed by atoms with Gasteiger partial charge in [0.2, 0.25) is 5.82 Å². The average Bonchev–Trinajstić information content (AvgIpc) is 3.53. The van der Waals surface area contributed by atoms with Gasteiger partial charge in [0.1, 0.15) is 11.6 Å². The minimum absolute atomic E-state index is 0.147. The molecule has 4 N–H and O–H groups in total. The maximum atomic E-state index is 12.5. The fourth-order valence-corrected chi connectivity index (χ4v) is 6.26. The van der Waals surface area contributed by atoms with Crippen LogP contribution in [0.15, 0.2) is 67.1 Å². The molecule has 13 nitrogen and oxygen atoms in total. The van der Waals surface area contributed by atoms with Crippen LogP contribution in [0.25, 0.3) is 16.9 Å². The molecule has 0 radical (unpaired) electrons. The largest absolute Gasteiger partial charge is 0.507 e. The number of aromatic nitrogens is 7. The first-order valence-electron chi connectivity index (χ1n) is 15.3. The van der Waals surface area contributed by atoms with Gasteiger partial charge in [0.25, 0.3) is 5.91 Å². The van der Waals surface area contributed by atoms with Gasteiger partial charge in [-0.05, 0) is 67.4 Å². The molecule has 46 heavy (non-hydrogen) atoms. The number of nitrogen functional groups attached to an aromatic ring is 1. The van der Waals surface area contributed by atoms with E-state index in [1.165, 1.54) is 0 Å². The van der Waals surface area contributed by atoms with Gasteiger partial charge in [-0.3, -0.25) is 4.79 Å². The minimum atomic E-state index is -0.319. The Balaban J connectivity index is 0.927. The fourth-order valence-electron chi connectivity index (χ4n) is 6.26. The number of phenols is 1. The number of phenolic OH excluding ortho intramolecular Hbond substituents is 1. The highest BCUT2D eigenvalue weighted by Gasteiger charge is 2.38.